The van der Waals surface area contributed by atoms with Crippen molar-refractivity contribution in [2.75, 3.05) is 0 Å². The van der Waals surface area contributed by atoms with E-state index in [9.17, 15) is 4.79 Å². The number of carbonyl (C=O) groups is 1. The summed E-state index contributed by atoms with van der Waals surface area (Å²) in [5, 5.41) is 0.629. The molecule has 0 radical (unpaired) electrons. The third-order valence-corrected chi connectivity index (χ3v) is 2.37. The van der Waals surface area contributed by atoms with Crippen molar-refractivity contribution < 1.29 is 4.79 Å². The van der Waals surface area contributed by atoms with Gasteiger partial charge in [0.15, 0.2) is 5.82 Å². The Morgan fingerprint density at radius 2 is 1.94 bits per heavy atom. The standard InChI is InChI=1S/C11H9ClN4O/c12-8-3-1-7(2-4-8)10-14-6-5-9(15-10)11(17)16-13/h1-6H,13H2,(H,16,17). The minimum Gasteiger partial charge on any atom is -0.289 e. The topological polar surface area (TPSA) is 80.9 Å². The molecule has 0 fully saturated rings. The largest absolute Gasteiger partial charge is 0.289 e. The van der Waals surface area contributed by atoms with Crippen LogP contribution in [0.25, 0.3) is 11.4 Å². The summed E-state index contributed by atoms with van der Waals surface area (Å²) in [6.07, 6.45) is 1.50. The van der Waals surface area contributed by atoms with Crippen molar-refractivity contribution in [1.82, 2.24) is 15.4 Å². The predicted molar refractivity (Wildman–Crippen MR) is 64.1 cm³/mol. The fourth-order valence-electron chi connectivity index (χ4n) is 1.30. The van der Waals surface area contributed by atoms with E-state index < -0.39 is 5.91 Å². The second-order valence-electron chi connectivity index (χ2n) is 3.25. The number of amides is 1. The summed E-state index contributed by atoms with van der Waals surface area (Å²) in [6.45, 7) is 0. The van der Waals surface area contributed by atoms with E-state index in [4.69, 9.17) is 17.4 Å². The van der Waals surface area contributed by atoms with Crippen LogP contribution in [-0.2, 0) is 0 Å². The first-order chi connectivity index (χ1) is 8.20. The molecule has 0 saturated heterocycles. The van der Waals surface area contributed by atoms with Gasteiger partial charge in [-0.2, -0.15) is 0 Å². The molecule has 0 unspecified atom stereocenters. The van der Waals surface area contributed by atoms with E-state index in [1.165, 1.54) is 12.3 Å². The van der Waals surface area contributed by atoms with Gasteiger partial charge in [0.1, 0.15) is 5.69 Å². The van der Waals surface area contributed by atoms with Gasteiger partial charge in [0.25, 0.3) is 5.91 Å². The zero-order chi connectivity index (χ0) is 12.3. The maximum atomic E-state index is 11.3. The van der Waals surface area contributed by atoms with Gasteiger partial charge in [-0.25, -0.2) is 15.8 Å². The molecule has 1 aromatic heterocycles. The van der Waals surface area contributed by atoms with E-state index in [0.717, 1.165) is 5.56 Å². The number of carbonyl (C=O) groups excluding carboxylic acids is 1. The highest BCUT2D eigenvalue weighted by atomic mass is 35.5. The van der Waals surface area contributed by atoms with Crippen molar-refractivity contribution in [3.05, 3.63) is 47.2 Å². The molecule has 0 spiro atoms. The smallest absolute Gasteiger partial charge is 0.283 e. The molecule has 86 valence electrons. The normalized spacial score (nSPS) is 10.0. The SMILES string of the molecule is NNC(=O)c1ccnc(-c2ccc(Cl)cc2)n1. The summed E-state index contributed by atoms with van der Waals surface area (Å²) in [5.41, 5.74) is 3.01. The van der Waals surface area contributed by atoms with Gasteiger partial charge >= 0.3 is 0 Å². The maximum absolute atomic E-state index is 11.3. The van der Waals surface area contributed by atoms with Crippen LogP contribution in [0.3, 0.4) is 0 Å². The highest BCUT2D eigenvalue weighted by Crippen LogP contribution is 2.17. The Hall–Kier alpha value is -1.98. The molecular formula is C11H9ClN4O. The van der Waals surface area contributed by atoms with Crippen molar-refractivity contribution in [3.63, 3.8) is 0 Å². The minimum atomic E-state index is -0.456. The monoisotopic (exact) mass is 248 g/mol. The third kappa shape index (κ3) is 2.58. The van der Waals surface area contributed by atoms with Crippen LogP contribution in [0.15, 0.2) is 36.5 Å². The number of nitrogens with two attached hydrogens (primary N) is 1. The van der Waals surface area contributed by atoms with Crippen molar-refractivity contribution >= 4 is 17.5 Å². The molecule has 0 aliphatic rings. The van der Waals surface area contributed by atoms with Crippen LogP contribution < -0.4 is 11.3 Å². The molecule has 0 bridgehead atoms. The summed E-state index contributed by atoms with van der Waals surface area (Å²) in [7, 11) is 0. The predicted octanol–water partition coefficient (Wildman–Crippen LogP) is 1.40. The van der Waals surface area contributed by atoms with Gasteiger partial charge in [0, 0.05) is 16.8 Å². The Balaban J connectivity index is 2.39. The molecule has 0 saturated carbocycles. The average molecular weight is 249 g/mol. The van der Waals surface area contributed by atoms with Crippen LogP contribution in [-0.4, -0.2) is 15.9 Å². The maximum Gasteiger partial charge on any atom is 0.283 e. The minimum absolute atomic E-state index is 0.215. The van der Waals surface area contributed by atoms with E-state index in [2.05, 4.69) is 9.97 Å². The van der Waals surface area contributed by atoms with E-state index in [1.54, 1.807) is 24.3 Å². The Kier molecular flexibility index (Phi) is 3.32. The lowest BCUT2D eigenvalue weighted by Crippen LogP contribution is -2.30. The number of hydrazine groups is 1. The Morgan fingerprint density at radius 3 is 2.59 bits per heavy atom. The quantitative estimate of drug-likeness (QED) is 0.478. The molecule has 1 aromatic carbocycles. The number of nitrogen functional groups attached to an aromatic ring is 1. The highest BCUT2D eigenvalue weighted by Gasteiger charge is 2.08. The molecule has 0 aliphatic carbocycles. The molecule has 0 aliphatic heterocycles. The lowest BCUT2D eigenvalue weighted by molar-refractivity contribution is 0.0948. The number of rotatable bonds is 2. The third-order valence-electron chi connectivity index (χ3n) is 2.12. The van der Waals surface area contributed by atoms with Gasteiger partial charge in [-0.3, -0.25) is 10.2 Å². The lowest BCUT2D eigenvalue weighted by atomic mass is 10.2. The average Bonchev–Trinajstić information content (AvgIpc) is 2.39. The van der Waals surface area contributed by atoms with Gasteiger partial charge in [-0.15, -0.1) is 0 Å². The van der Waals surface area contributed by atoms with Crippen LogP contribution in [0.5, 0.6) is 0 Å². The molecule has 1 amide bonds. The molecule has 17 heavy (non-hydrogen) atoms. The van der Waals surface area contributed by atoms with Crippen molar-refractivity contribution in [2.24, 2.45) is 5.84 Å². The zero-order valence-electron chi connectivity index (χ0n) is 8.72. The second-order valence-corrected chi connectivity index (χ2v) is 3.68. The number of halogens is 1. The Bertz CT molecular complexity index is 541. The molecule has 0 atom stereocenters. The number of hydrogen-bond donors (Lipinski definition) is 2. The first kappa shape index (κ1) is 11.5. The number of aromatic nitrogens is 2. The molecule has 3 N–H and O–H groups in total. The van der Waals surface area contributed by atoms with Gasteiger partial charge in [0.05, 0.1) is 0 Å². The van der Waals surface area contributed by atoms with Crippen LogP contribution >= 0.6 is 11.6 Å². The van der Waals surface area contributed by atoms with E-state index >= 15 is 0 Å². The van der Waals surface area contributed by atoms with Gasteiger partial charge in [-0.1, -0.05) is 11.6 Å². The molecule has 6 heteroatoms. The molecular weight excluding hydrogens is 240 g/mol. The van der Waals surface area contributed by atoms with Gasteiger partial charge in [0.2, 0.25) is 0 Å². The Labute approximate surface area is 103 Å². The van der Waals surface area contributed by atoms with Gasteiger partial charge < -0.3 is 0 Å². The van der Waals surface area contributed by atoms with Crippen LogP contribution in [0.2, 0.25) is 5.02 Å². The number of hydrogen-bond acceptors (Lipinski definition) is 4. The van der Waals surface area contributed by atoms with E-state index in [1.807, 2.05) is 5.43 Å². The van der Waals surface area contributed by atoms with E-state index in [-0.39, 0.29) is 5.69 Å². The summed E-state index contributed by atoms with van der Waals surface area (Å²) in [4.78, 5) is 19.5. The molecule has 2 rings (SSSR count). The summed E-state index contributed by atoms with van der Waals surface area (Å²) >= 11 is 5.78. The van der Waals surface area contributed by atoms with Gasteiger partial charge in [-0.05, 0) is 30.3 Å². The molecule has 1 heterocycles. The lowest BCUT2D eigenvalue weighted by Gasteiger charge is -2.02. The highest BCUT2D eigenvalue weighted by molar-refractivity contribution is 6.30. The molecule has 5 nitrogen and oxygen atoms in total. The molecule has 2 aromatic rings. The summed E-state index contributed by atoms with van der Waals surface area (Å²) in [5.74, 6) is 5.03. The zero-order valence-corrected chi connectivity index (χ0v) is 9.48. The van der Waals surface area contributed by atoms with Crippen molar-refractivity contribution in [1.29, 1.82) is 0 Å². The summed E-state index contributed by atoms with van der Waals surface area (Å²) in [6, 6.07) is 8.51. The van der Waals surface area contributed by atoms with Crippen LogP contribution in [0.4, 0.5) is 0 Å². The second kappa shape index (κ2) is 4.90. The fraction of sp³-hybridized carbons (Fsp3) is 0. The first-order valence-electron chi connectivity index (χ1n) is 4.80. The van der Waals surface area contributed by atoms with Crippen LogP contribution in [0, 0.1) is 0 Å². The Morgan fingerprint density at radius 1 is 1.24 bits per heavy atom. The van der Waals surface area contributed by atoms with Crippen molar-refractivity contribution in [3.8, 4) is 11.4 Å². The van der Waals surface area contributed by atoms with E-state index in [0.29, 0.717) is 10.8 Å². The van der Waals surface area contributed by atoms with Crippen molar-refractivity contribution in [2.45, 2.75) is 0 Å². The number of nitrogens with one attached hydrogen (secondary N) is 1. The van der Waals surface area contributed by atoms with Crippen LogP contribution in [0.1, 0.15) is 10.5 Å². The number of benzene rings is 1. The first-order valence-corrected chi connectivity index (χ1v) is 5.18. The summed E-state index contributed by atoms with van der Waals surface area (Å²) < 4.78 is 0. The number of nitrogens with zero attached hydrogens (tertiary/aromatic N) is 2. The fourth-order valence-corrected chi connectivity index (χ4v) is 1.42.